The zero-order valence-electron chi connectivity index (χ0n) is 16.2. The van der Waals surface area contributed by atoms with Crippen molar-refractivity contribution in [3.63, 3.8) is 0 Å². The zero-order valence-corrected chi connectivity index (χ0v) is 17.0. The van der Waals surface area contributed by atoms with Crippen molar-refractivity contribution in [2.24, 2.45) is 0 Å². The van der Waals surface area contributed by atoms with Crippen LogP contribution in [0, 0.1) is 10.1 Å². The number of hydrogen-bond donors (Lipinski definition) is 2. The second-order valence-corrected chi connectivity index (χ2v) is 7.42. The van der Waals surface area contributed by atoms with E-state index in [1.54, 1.807) is 6.07 Å². The number of nitrogens with one attached hydrogen (secondary N) is 2. The highest BCUT2D eigenvalue weighted by Gasteiger charge is 2.18. The molecular weight excluding hydrogens is 420 g/mol. The molecule has 0 saturated heterocycles. The Morgan fingerprint density at radius 3 is 2.68 bits per heavy atom. The fraction of sp³-hybridized carbons (Fsp3) is 0.100. The summed E-state index contributed by atoms with van der Waals surface area (Å²) in [5.41, 5.74) is 0.973. The smallest absolute Gasteiger partial charge is 0.269 e. The molecule has 0 fully saturated rings. The van der Waals surface area contributed by atoms with Crippen molar-refractivity contribution >= 4 is 28.7 Å². The average Bonchev–Trinajstić information content (AvgIpc) is 3.43. The Morgan fingerprint density at radius 2 is 2.03 bits per heavy atom. The Labute approximate surface area is 179 Å². The minimum absolute atomic E-state index is 0.111. The number of H-pyrrole nitrogens is 1. The molecule has 0 atom stereocenters. The van der Waals surface area contributed by atoms with Crippen LogP contribution in [0.5, 0.6) is 0 Å². The molecule has 0 aliphatic carbocycles. The van der Waals surface area contributed by atoms with Gasteiger partial charge in [0.1, 0.15) is 11.5 Å². The number of aromatic amines is 1. The summed E-state index contributed by atoms with van der Waals surface area (Å²) in [6.07, 6.45) is 0.556. The predicted molar refractivity (Wildman–Crippen MR) is 116 cm³/mol. The highest BCUT2D eigenvalue weighted by Crippen LogP contribution is 2.27. The van der Waals surface area contributed by atoms with E-state index in [0.717, 1.165) is 4.88 Å². The number of aromatic nitrogens is 4. The average molecular weight is 436 g/mol. The Bertz CT molecular complexity index is 1310. The van der Waals surface area contributed by atoms with Gasteiger partial charge in [-0.3, -0.25) is 24.7 Å². The van der Waals surface area contributed by atoms with Gasteiger partial charge in [0.05, 0.1) is 9.80 Å². The Hall–Kier alpha value is -4.12. The van der Waals surface area contributed by atoms with Crippen molar-refractivity contribution in [2.45, 2.75) is 13.3 Å². The van der Waals surface area contributed by atoms with Crippen LogP contribution in [0.1, 0.15) is 23.0 Å². The number of nitrogens with zero attached hydrogens (tertiary/aromatic N) is 4. The molecule has 31 heavy (non-hydrogen) atoms. The molecule has 1 aromatic carbocycles. The standard InChI is InChI=1S/C20H16N6O4S/c1-2-13-10-18(27)23-20(21-13)25-17(11-15(24-25)16-4-3-9-31-16)22-19(28)12-5-7-14(8-6-12)26(29)30/h3-11H,2H2,1H3,(H,22,28)(H,21,23,27). The normalized spacial score (nSPS) is 10.7. The van der Waals surface area contributed by atoms with E-state index in [-0.39, 0.29) is 22.8 Å². The topological polar surface area (TPSA) is 136 Å². The molecule has 4 aromatic rings. The number of non-ortho nitro benzene ring substituents is 1. The lowest BCUT2D eigenvalue weighted by atomic mass is 10.2. The zero-order chi connectivity index (χ0) is 22.0. The molecule has 11 heteroatoms. The molecule has 2 N–H and O–H groups in total. The fourth-order valence-corrected chi connectivity index (χ4v) is 3.56. The van der Waals surface area contributed by atoms with Crippen LogP contribution in [0.3, 0.4) is 0 Å². The Morgan fingerprint density at radius 1 is 1.26 bits per heavy atom. The fourth-order valence-electron chi connectivity index (χ4n) is 2.87. The van der Waals surface area contributed by atoms with Gasteiger partial charge in [0.15, 0.2) is 0 Å². The second kappa shape index (κ2) is 8.32. The number of amides is 1. The molecule has 0 bridgehead atoms. The maximum Gasteiger partial charge on any atom is 0.269 e. The van der Waals surface area contributed by atoms with Crippen LogP contribution in [-0.2, 0) is 6.42 Å². The monoisotopic (exact) mass is 436 g/mol. The van der Waals surface area contributed by atoms with E-state index in [9.17, 15) is 19.7 Å². The summed E-state index contributed by atoms with van der Waals surface area (Å²) >= 11 is 1.48. The number of anilines is 1. The van der Waals surface area contributed by atoms with Crippen LogP contribution in [0.2, 0.25) is 0 Å². The number of carbonyl (C=O) groups excluding carboxylic acids is 1. The third kappa shape index (κ3) is 4.26. The van der Waals surface area contributed by atoms with Crippen LogP contribution in [0.15, 0.2) is 58.7 Å². The van der Waals surface area contributed by atoms with Gasteiger partial charge in [-0.25, -0.2) is 4.98 Å². The van der Waals surface area contributed by atoms with Crippen molar-refractivity contribution in [1.29, 1.82) is 0 Å². The molecule has 0 aliphatic rings. The lowest BCUT2D eigenvalue weighted by Gasteiger charge is -2.09. The second-order valence-electron chi connectivity index (χ2n) is 6.48. The maximum absolute atomic E-state index is 12.8. The van der Waals surface area contributed by atoms with E-state index in [1.165, 1.54) is 46.4 Å². The van der Waals surface area contributed by atoms with Gasteiger partial charge in [-0.2, -0.15) is 9.78 Å². The van der Waals surface area contributed by atoms with E-state index in [2.05, 4.69) is 20.4 Å². The SMILES string of the molecule is CCc1cc(=O)[nH]c(-n2nc(-c3cccs3)cc2NC(=O)c2ccc([N+](=O)[O-])cc2)n1. The Kier molecular flexibility index (Phi) is 5.41. The number of aryl methyl sites for hydroxylation is 1. The van der Waals surface area contributed by atoms with Crippen LogP contribution >= 0.6 is 11.3 Å². The summed E-state index contributed by atoms with van der Waals surface area (Å²) in [5.74, 6) is -0.0166. The summed E-state index contributed by atoms with van der Waals surface area (Å²) in [6.45, 7) is 1.88. The minimum Gasteiger partial charge on any atom is -0.306 e. The van der Waals surface area contributed by atoms with Crippen molar-refractivity contribution < 1.29 is 9.72 Å². The number of benzene rings is 1. The van der Waals surface area contributed by atoms with E-state index < -0.39 is 10.8 Å². The van der Waals surface area contributed by atoms with Gasteiger partial charge in [0, 0.05) is 35.5 Å². The number of carbonyl (C=O) groups is 1. The van der Waals surface area contributed by atoms with Gasteiger partial charge in [-0.1, -0.05) is 13.0 Å². The lowest BCUT2D eigenvalue weighted by molar-refractivity contribution is -0.384. The van der Waals surface area contributed by atoms with Gasteiger partial charge in [0.25, 0.3) is 17.2 Å². The first kappa shape index (κ1) is 20.2. The first-order valence-corrected chi connectivity index (χ1v) is 10.1. The van der Waals surface area contributed by atoms with Gasteiger partial charge in [-0.05, 0) is 30.0 Å². The summed E-state index contributed by atoms with van der Waals surface area (Å²) in [7, 11) is 0. The largest absolute Gasteiger partial charge is 0.306 e. The molecule has 4 rings (SSSR count). The molecule has 1 amide bonds. The molecular formula is C20H16N6O4S. The molecule has 156 valence electrons. The van der Waals surface area contributed by atoms with E-state index in [1.807, 2.05) is 24.4 Å². The van der Waals surface area contributed by atoms with Crippen molar-refractivity contribution in [3.05, 3.63) is 85.6 Å². The first-order valence-electron chi connectivity index (χ1n) is 9.25. The van der Waals surface area contributed by atoms with Gasteiger partial charge in [-0.15, -0.1) is 11.3 Å². The number of thiophene rings is 1. The van der Waals surface area contributed by atoms with E-state index >= 15 is 0 Å². The molecule has 0 aliphatic heterocycles. The summed E-state index contributed by atoms with van der Waals surface area (Å²) in [6, 6.07) is 12.1. The molecule has 0 saturated carbocycles. The highest BCUT2D eigenvalue weighted by molar-refractivity contribution is 7.13. The van der Waals surface area contributed by atoms with Crippen LogP contribution in [0.25, 0.3) is 16.5 Å². The van der Waals surface area contributed by atoms with Gasteiger partial charge in [0.2, 0.25) is 5.95 Å². The summed E-state index contributed by atoms with van der Waals surface area (Å²) < 4.78 is 1.36. The molecule has 0 spiro atoms. The molecule has 0 unspecified atom stereocenters. The molecule has 3 aromatic heterocycles. The van der Waals surface area contributed by atoms with Gasteiger partial charge >= 0.3 is 0 Å². The van der Waals surface area contributed by atoms with Gasteiger partial charge < -0.3 is 5.32 Å². The molecule has 3 heterocycles. The quantitative estimate of drug-likeness (QED) is 0.351. The van der Waals surface area contributed by atoms with Crippen molar-refractivity contribution in [3.8, 4) is 16.5 Å². The minimum atomic E-state index is -0.535. The predicted octanol–water partition coefficient (Wildman–Crippen LogP) is 3.41. The number of rotatable bonds is 6. The molecule has 0 radical (unpaired) electrons. The molecule has 10 nitrogen and oxygen atoms in total. The van der Waals surface area contributed by atoms with Crippen LogP contribution in [0.4, 0.5) is 11.5 Å². The highest BCUT2D eigenvalue weighted by atomic mass is 32.1. The third-order valence-electron chi connectivity index (χ3n) is 4.41. The number of nitro benzene ring substituents is 1. The van der Waals surface area contributed by atoms with Crippen molar-refractivity contribution in [2.75, 3.05) is 5.32 Å². The van der Waals surface area contributed by atoms with Crippen LogP contribution in [-0.4, -0.2) is 30.6 Å². The van der Waals surface area contributed by atoms with E-state index in [0.29, 0.717) is 23.6 Å². The summed E-state index contributed by atoms with van der Waals surface area (Å²) in [4.78, 5) is 43.0. The maximum atomic E-state index is 12.8. The summed E-state index contributed by atoms with van der Waals surface area (Å²) in [5, 5.41) is 20.0. The Balaban J connectivity index is 1.74. The lowest BCUT2D eigenvalue weighted by Crippen LogP contribution is -2.19. The van der Waals surface area contributed by atoms with Crippen molar-refractivity contribution in [1.82, 2.24) is 19.7 Å². The van der Waals surface area contributed by atoms with E-state index in [4.69, 9.17) is 0 Å². The van der Waals surface area contributed by atoms with Crippen LogP contribution < -0.4 is 10.9 Å². The first-order chi connectivity index (χ1) is 14.9. The third-order valence-corrected chi connectivity index (χ3v) is 5.30. The number of hydrogen-bond acceptors (Lipinski definition) is 7. The number of nitro groups is 1.